The van der Waals surface area contributed by atoms with Gasteiger partial charge in [-0.15, -0.1) is 0 Å². The summed E-state index contributed by atoms with van der Waals surface area (Å²) in [5, 5.41) is 3.74. The number of benzene rings is 2. The van der Waals surface area contributed by atoms with Crippen molar-refractivity contribution in [2.45, 2.75) is 12.5 Å². The molecule has 2 aliphatic heterocycles. The Morgan fingerprint density at radius 2 is 1.56 bits per heavy atom. The second kappa shape index (κ2) is 7.58. The highest BCUT2D eigenvalue weighted by Gasteiger charge is 2.39. The van der Waals surface area contributed by atoms with Gasteiger partial charge in [0.25, 0.3) is 5.91 Å². The van der Waals surface area contributed by atoms with Crippen LogP contribution < -0.4 is 15.1 Å². The molecule has 0 unspecified atom stereocenters. The van der Waals surface area contributed by atoms with Crippen molar-refractivity contribution < 1.29 is 14.3 Å². The van der Waals surface area contributed by atoms with E-state index >= 15 is 0 Å². The Bertz CT molecular complexity index is 833. The van der Waals surface area contributed by atoms with Crippen LogP contribution in [-0.4, -0.2) is 44.2 Å². The number of nitrogens with one attached hydrogen (secondary N) is 1. The number of hydrogen-bond donors (Lipinski definition) is 1. The molecule has 140 valence electrons. The summed E-state index contributed by atoms with van der Waals surface area (Å²) in [6.07, 6.45) is 0.132. The monoisotopic (exact) mass is 385 g/mol. The maximum absolute atomic E-state index is 12.7. The number of anilines is 3. The number of imide groups is 1. The molecule has 2 heterocycles. The van der Waals surface area contributed by atoms with E-state index in [2.05, 4.69) is 10.2 Å². The summed E-state index contributed by atoms with van der Waals surface area (Å²) in [4.78, 5) is 28.5. The van der Waals surface area contributed by atoms with Gasteiger partial charge in [-0.25, -0.2) is 4.90 Å². The predicted molar refractivity (Wildman–Crippen MR) is 105 cm³/mol. The van der Waals surface area contributed by atoms with Gasteiger partial charge in [0.1, 0.15) is 6.04 Å². The molecule has 2 amide bonds. The standard InChI is InChI=1S/C20H20ClN3O3/c21-14-1-5-17(6-2-14)24-19(25)13-18(20(24)26)22-15-3-7-16(8-4-15)23-9-11-27-12-10-23/h1-8,18,22H,9-13H2/t18-/m1/s1. The Morgan fingerprint density at radius 1 is 0.926 bits per heavy atom. The van der Waals surface area contributed by atoms with Gasteiger partial charge in [0.2, 0.25) is 5.91 Å². The largest absolute Gasteiger partial charge is 0.378 e. The van der Waals surface area contributed by atoms with E-state index < -0.39 is 6.04 Å². The highest BCUT2D eigenvalue weighted by molar-refractivity contribution is 6.30. The fourth-order valence-corrected chi connectivity index (χ4v) is 3.52. The van der Waals surface area contributed by atoms with Crippen LogP contribution >= 0.6 is 11.6 Å². The van der Waals surface area contributed by atoms with Gasteiger partial charge >= 0.3 is 0 Å². The SMILES string of the molecule is O=C1C[C@@H](Nc2ccc(N3CCOCC3)cc2)C(=O)N1c1ccc(Cl)cc1. The lowest BCUT2D eigenvalue weighted by atomic mass is 10.2. The van der Waals surface area contributed by atoms with Gasteiger partial charge in [-0.3, -0.25) is 9.59 Å². The van der Waals surface area contributed by atoms with Gasteiger partial charge in [-0.1, -0.05) is 11.6 Å². The van der Waals surface area contributed by atoms with E-state index in [1.807, 2.05) is 24.3 Å². The highest BCUT2D eigenvalue weighted by Crippen LogP contribution is 2.27. The molecule has 6 nitrogen and oxygen atoms in total. The minimum atomic E-state index is -0.567. The molecule has 2 aromatic carbocycles. The van der Waals surface area contributed by atoms with Crippen molar-refractivity contribution in [3.05, 3.63) is 53.6 Å². The van der Waals surface area contributed by atoms with E-state index in [-0.39, 0.29) is 18.2 Å². The molecule has 4 rings (SSSR count). The molecule has 7 heteroatoms. The minimum absolute atomic E-state index is 0.132. The number of morpholine rings is 1. The molecule has 2 saturated heterocycles. The zero-order valence-corrected chi connectivity index (χ0v) is 15.5. The van der Waals surface area contributed by atoms with E-state index in [4.69, 9.17) is 16.3 Å². The summed E-state index contributed by atoms with van der Waals surface area (Å²) >= 11 is 5.88. The maximum Gasteiger partial charge on any atom is 0.256 e. The zero-order chi connectivity index (χ0) is 18.8. The molecule has 0 aliphatic carbocycles. The lowest BCUT2D eigenvalue weighted by Crippen LogP contribution is -2.36. The maximum atomic E-state index is 12.7. The van der Waals surface area contributed by atoms with Crippen molar-refractivity contribution >= 4 is 40.5 Å². The highest BCUT2D eigenvalue weighted by atomic mass is 35.5. The van der Waals surface area contributed by atoms with Gasteiger partial charge in [0.15, 0.2) is 0 Å². The summed E-state index contributed by atoms with van der Waals surface area (Å²) in [6, 6.07) is 14.0. The summed E-state index contributed by atoms with van der Waals surface area (Å²) < 4.78 is 5.37. The molecule has 0 saturated carbocycles. The Morgan fingerprint density at radius 3 is 2.22 bits per heavy atom. The molecule has 0 bridgehead atoms. The van der Waals surface area contributed by atoms with Crippen molar-refractivity contribution in [2.75, 3.05) is 41.4 Å². The van der Waals surface area contributed by atoms with Gasteiger partial charge in [-0.05, 0) is 48.5 Å². The van der Waals surface area contributed by atoms with Crippen LogP contribution in [0.25, 0.3) is 0 Å². The van der Waals surface area contributed by atoms with Crippen LogP contribution in [0.5, 0.6) is 0 Å². The lowest BCUT2D eigenvalue weighted by molar-refractivity contribution is -0.121. The molecule has 1 atom stereocenters. The summed E-state index contributed by atoms with van der Waals surface area (Å²) in [6.45, 7) is 3.22. The van der Waals surface area contributed by atoms with Crippen LogP contribution in [0.15, 0.2) is 48.5 Å². The number of rotatable bonds is 4. The first kappa shape index (κ1) is 17.8. The van der Waals surface area contributed by atoms with Gasteiger partial charge < -0.3 is 15.0 Å². The Balaban J connectivity index is 1.44. The van der Waals surface area contributed by atoms with Gasteiger partial charge in [0, 0.05) is 29.5 Å². The average molecular weight is 386 g/mol. The van der Waals surface area contributed by atoms with E-state index in [0.717, 1.165) is 37.7 Å². The van der Waals surface area contributed by atoms with Crippen molar-refractivity contribution in [3.63, 3.8) is 0 Å². The Kier molecular flexibility index (Phi) is 5.01. The Labute approximate surface area is 162 Å². The van der Waals surface area contributed by atoms with Gasteiger partial charge in [0.05, 0.1) is 25.3 Å². The second-order valence-electron chi connectivity index (χ2n) is 6.59. The Hall–Kier alpha value is -2.57. The summed E-state index contributed by atoms with van der Waals surface area (Å²) in [5.41, 5.74) is 2.48. The van der Waals surface area contributed by atoms with Crippen molar-refractivity contribution in [1.29, 1.82) is 0 Å². The van der Waals surface area contributed by atoms with Crippen LogP contribution in [0, 0.1) is 0 Å². The summed E-state index contributed by atoms with van der Waals surface area (Å²) in [5.74, 6) is -0.468. The molecule has 27 heavy (non-hydrogen) atoms. The smallest absolute Gasteiger partial charge is 0.256 e. The predicted octanol–water partition coefficient (Wildman–Crippen LogP) is 2.92. The van der Waals surface area contributed by atoms with Crippen LogP contribution in [0.2, 0.25) is 5.02 Å². The first-order valence-electron chi connectivity index (χ1n) is 8.93. The molecular formula is C20H20ClN3O3. The molecule has 2 fully saturated rings. The fourth-order valence-electron chi connectivity index (χ4n) is 3.40. The normalized spacial score (nSPS) is 20.3. The number of hydrogen-bond acceptors (Lipinski definition) is 5. The minimum Gasteiger partial charge on any atom is -0.378 e. The fraction of sp³-hybridized carbons (Fsp3) is 0.300. The van der Waals surface area contributed by atoms with E-state index in [1.54, 1.807) is 24.3 Å². The summed E-state index contributed by atoms with van der Waals surface area (Å²) in [7, 11) is 0. The molecule has 0 aromatic heterocycles. The second-order valence-corrected chi connectivity index (χ2v) is 7.03. The van der Waals surface area contributed by atoms with Crippen molar-refractivity contribution in [2.24, 2.45) is 0 Å². The lowest BCUT2D eigenvalue weighted by Gasteiger charge is -2.29. The first-order valence-corrected chi connectivity index (χ1v) is 9.31. The van der Waals surface area contributed by atoms with E-state index in [1.165, 1.54) is 4.90 Å². The van der Waals surface area contributed by atoms with E-state index in [0.29, 0.717) is 10.7 Å². The molecular weight excluding hydrogens is 366 g/mol. The number of nitrogens with zero attached hydrogens (tertiary/aromatic N) is 2. The van der Waals surface area contributed by atoms with Crippen LogP contribution in [0.3, 0.4) is 0 Å². The quantitative estimate of drug-likeness (QED) is 0.820. The topological polar surface area (TPSA) is 61.9 Å². The van der Waals surface area contributed by atoms with Crippen LogP contribution in [0.1, 0.15) is 6.42 Å². The van der Waals surface area contributed by atoms with Gasteiger partial charge in [-0.2, -0.15) is 0 Å². The molecule has 2 aromatic rings. The third kappa shape index (κ3) is 3.77. The molecule has 1 N–H and O–H groups in total. The first-order chi connectivity index (χ1) is 13.1. The number of amides is 2. The van der Waals surface area contributed by atoms with E-state index in [9.17, 15) is 9.59 Å². The number of carbonyl (C=O) groups excluding carboxylic acids is 2. The van der Waals surface area contributed by atoms with Crippen LogP contribution in [0.4, 0.5) is 17.1 Å². The average Bonchev–Trinajstić information content (AvgIpc) is 2.97. The number of carbonyl (C=O) groups is 2. The molecule has 0 radical (unpaired) electrons. The number of halogens is 1. The molecule has 0 spiro atoms. The van der Waals surface area contributed by atoms with Crippen molar-refractivity contribution in [3.8, 4) is 0 Å². The third-order valence-corrected chi connectivity index (χ3v) is 5.07. The zero-order valence-electron chi connectivity index (χ0n) is 14.7. The van der Waals surface area contributed by atoms with Crippen LogP contribution in [-0.2, 0) is 14.3 Å². The third-order valence-electron chi connectivity index (χ3n) is 4.82. The number of ether oxygens (including phenoxy) is 1. The molecule has 2 aliphatic rings. The van der Waals surface area contributed by atoms with Crippen molar-refractivity contribution in [1.82, 2.24) is 0 Å².